The van der Waals surface area contributed by atoms with E-state index in [2.05, 4.69) is 62.1 Å². The Balaban J connectivity index is 1.15. The van der Waals surface area contributed by atoms with Crippen LogP contribution in [0.1, 0.15) is 0 Å². The Morgan fingerprint density at radius 2 is 0.842 bits per heavy atom. The standard InChI is InChI=1S/C22H20S16/c1-25-17-18(26-2)34-14(33-17)5-6-16-37-21-22(38-16)30-10-28-20-19(27-9-29-21)35-15(36-20)4-3-13-31-11(7-23)12(8-24)32-13/h3-6,23-24H,7-10H2,1-2H3. The smallest absolute Gasteiger partial charge is 0.0668 e. The third kappa shape index (κ3) is 8.82. The summed E-state index contributed by atoms with van der Waals surface area (Å²) in [5.74, 6) is 1.58. The molecular weight excluding hydrogens is 777 g/mol. The van der Waals surface area contributed by atoms with Gasteiger partial charge in [-0.25, -0.2) is 0 Å². The molecule has 16 heteroatoms. The molecule has 5 rings (SSSR count). The molecule has 0 spiro atoms. The van der Waals surface area contributed by atoms with Crippen LogP contribution in [0.25, 0.3) is 0 Å². The van der Waals surface area contributed by atoms with Gasteiger partial charge in [0.2, 0.25) is 0 Å². The second kappa shape index (κ2) is 16.7. The van der Waals surface area contributed by atoms with Gasteiger partial charge in [-0.2, -0.15) is 25.3 Å². The largest absolute Gasteiger partial charge is 0.174 e. The van der Waals surface area contributed by atoms with Crippen molar-refractivity contribution in [2.24, 2.45) is 0 Å². The lowest BCUT2D eigenvalue weighted by atomic mass is 10.6. The predicted octanol–water partition coefficient (Wildman–Crippen LogP) is 13.3. The van der Waals surface area contributed by atoms with E-state index in [0.717, 1.165) is 21.7 Å². The maximum Gasteiger partial charge on any atom is 0.0668 e. The zero-order valence-corrected chi connectivity index (χ0v) is 33.0. The van der Waals surface area contributed by atoms with Crippen molar-refractivity contribution in [3.63, 3.8) is 0 Å². The van der Waals surface area contributed by atoms with Crippen LogP contribution < -0.4 is 0 Å². The number of thioether (sulfide) groups is 14. The Kier molecular flexibility index (Phi) is 14.5. The summed E-state index contributed by atoms with van der Waals surface area (Å²) in [5.41, 5.74) is 0. The van der Waals surface area contributed by atoms with E-state index >= 15 is 0 Å². The highest BCUT2D eigenvalue weighted by molar-refractivity contribution is 8.46. The number of hydrogen-bond acceptors (Lipinski definition) is 16. The van der Waals surface area contributed by atoms with Crippen molar-refractivity contribution in [1.82, 2.24) is 0 Å². The molecule has 0 bridgehead atoms. The van der Waals surface area contributed by atoms with E-state index < -0.39 is 0 Å². The first-order valence-electron chi connectivity index (χ1n) is 10.6. The number of allylic oxidation sites excluding steroid dienone is 4. The van der Waals surface area contributed by atoms with Gasteiger partial charge in [0.05, 0.1) is 38.1 Å². The fraction of sp³-hybridized carbons (Fsp3) is 0.273. The van der Waals surface area contributed by atoms with E-state index in [1.807, 2.05) is 165 Å². The lowest BCUT2D eigenvalue weighted by Crippen LogP contribution is -1.80. The first-order chi connectivity index (χ1) is 18.6. The molecular formula is C22H20S16. The van der Waals surface area contributed by atoms with Gasteiger partial charge in [-0.05, 0) is 36.8 Å². The minimum Gasteiger partial charge on any atom is -0.174 e. The van der Waals surface area contributed by atoms with Crippen LogP contribution in [-0.4, -0.2) is 34.2 Å². The third-order valence-electron chi connectivity index (χ3n) is 4.55. The quantitative estimate of drug-likeness (QED) is 0.245. The van der Waals surface area contributed by atoms with Gasteiger partial charge in [-0.1, -0.05) is 94.1 Å². The van der Waals surface area contributed by atoms with Crippen LogP contribution in [0.4, 0.5) is 0 Å². The van der Waals surface area contributed by atoms with Gasteiger partial charge >= 0.3 is 0 Å². The Labute approximate surface area is 296 Å². The topological polar surface area (TPSA) is 0 Å². The van der Waals surface area contributed by atoms with Crippen LogP contribution in [0.3, 0.4) is 0 Å². The molecule has 0 unspecified atom stereocenters. The van der Waals surface area contributed by atoms with Crippen molar-refractivity contribution in [1.29, 1.82) is 0 Å². The van der Waals surface area contributed by atoms with Crippen LogP contribution in [0.5, 0.6) is 0 Å². The first-order valence-corrected chi connectivity index (χ1v) is 24.8. The van der Waals surface area contributed by atoms with Crippen molar-refractivity contribution in [2.45, 2.75) is 0 Å². The number of hydrogen-bond donors (Lipinski definition) is 2. The summed E-state index contributed by atoms with van der Waals surface area (Å²) < 4.78 is 14.2. The van der Waals surface area contributed by atoms with Gasteiger partial charge in [-0.15, -0.1) is 70.6 Å². The molecule has 204 valence electrons. The van der Waals surface area contributed by atoms with Gasteiger partial charge < -0.3 is 0 Å². The van der Waals surface area contributed by atoms with E-state index in [1.165, 1.54) is 52.2 Å². The summed E-state index contributed by atoms with van der Waals surface area (Å²) in [4.78, 5) is 2.69. The van der Waals surface area contributed by atoms with Crippen LogP contribution in [-0.2, 0) is 0 Å². The molecule has 0 aromatic heterocycles. The third-order valence-corrected chi connectivity index (χ3v) is 24.4. The average Bonchev–Trinajstić information content (AvgIpc) is 3.71. The molecule has 0 aliphatic carbocycles. The Morgan fingerprint density at radius 3 is 1.16 bits per heavy atom. The number of thiol groups is 2. The molecule has 0 fully saturated rings. The van der Waals surface area contributed by atoms with Gasteiger partial charge in [0.15, 0.2) is 0 Å². The molecule has 0 nitrogen and oxygen atoms in total. The van der Waals surface area contributed by atoms with E-state index in [9.17, 15) is 0 Å². The molecule has 0 atom stereocenters. The summed E-state index contributed by atoms with van der Waals surface area (Å²) >= 11 is 36.0. The molecule has 5 aliphatic rings. The van der Waals surface area contributed by atoms with Gasteiger partial charge in [0.1, 0.15) is 0 Å². The SMILES string of the molecule is CSC1=C(SC)SC(=CC=C2SC3=C(SCSC4=C(SCS3)SC(=CC=C3SC(CS)=C(CS)S3)S4)S2)S1. The van der Waals surface area contributed by atoms with E-state index in [0.29, 0.717) is 0 Å². The molecule has 0 saturated heterocycles. The minimum absolute atomic E-state index is 0.792. The highest BCUT2D eigenvalue weighted by atomic mass is 32.3. The van der Waals surface area contributed by atoms with Gasteiger partial charge in [0, 0.05) is 35.7 Å². The van der Waals surface area contributed by atoms with Crippen LogP contribution in [0.15, 0.2) is 76.5 Å². The van der Waals surface area contributed by atoms with Crippen LogP contribution in [0.2, 0.25) is 0 Å². The normalized spacial score (nSPS) is 22.6. The highest BCUT2D eigenvalue weighted by Gasteiger charge is 2.27. The summed E-state index contributed by atoms with van der Waals surface area (Å²) in [6.45, 7) is 0. The molecule has 5 aliphatic heterocycles. The lowest BCUT2D eigenvalue weighted by molar-refractivity contribution is 1.61. The fourth-order valence-electron chi connectivity index (χ4n) is 2.90. The molecule has 0 N–H and O–H groups in total. The highest BCUT2D eigenvalue weighted by Crippen LogP contribution is 2.63. The van der Waals surface area contributed by atoms with Crippen molar-refractivity contribution < 1.29 is 0 Å². The Hall–Kier alpha value is 3.52. The second-order valence-corrected chi connectivity index (χ2v) is 25.0. The molecule has 0 aromatic carbocycles. The van der Waals surface area contributed by atoms with Crippen molar-refractivity contribution >= 4 is 190 Å². The lowest BCUT2D eigenvalue weighted by Gasteiger charge is -2.09. The zero-order chi connectivity index (χ0) is 26.5. The summed E-state index contributed by atoms with van der Waals surface area (Å²) in [6.07, 6.45) is 13.5. The fourth-order valence-corrected chi connectivity index (χ4v) is 23.4. The molecule has 0 radical (unpaired) electrons. The monoisotopic (exact) mass is 796 g/mol. The van der Waals surface area contributed by atoms with Crippen molar-refractivity contribution in [3.05, 3.63) is 76.5 Å². The van der Waals surface area contributed by atoms with Crippen molar-refractivity contribution in [2.75, 3.05) is 34.2 Å². The summed E-state index contributed by atoms with van der Waals surface area (Å²) in [6, 6.07) is 0. The Morgan fingerprint density at radius 1 is 0.526 bits per heavy atom. The number of rotatable bonds is 6. The summed E-state index contributed by atoms with van der Waals surface area (Å²) in [7, 11) is 0. The average molecular weight is 797 g/mol. The maximum absolute atomic E-state index is 4.48. The zero-order valence-electron chi connectivity index (χ0n) is 19.7. The second-order valence-electron chi connectivity index (χ2n) is 6.87. The first kappa shape index (κ1) is 32.9. The maximum atomic E-state index is 4.48. The van der Waals surface area contributed by atoms with Gasteiger partial charge in [0.25, 0.3) is 0 Å². The molecule has 0 amide bonds. The molecule has 0 aromatic rings. The van der Waals surface area contributed by atoms with Crippen molar-refractivity contribution in [3.8, 4) is 0 Å². The minimum atomic E-state index is 0.792. The Bertz CT molecular complexity index is 1050. The van der Waals surface area contributed by atoms with E-state index in [4.69, 9.17) is 0 Å². The molecule has 0 saturated carbocycles. The van der Waals surface area contributed by atoms with Gasteiger partial charge in [-0.3, -0.25) is 0 Å². The summed E-state index contributed by atoms with van der Waals surface area (Å²) in [5, 5.41) is 2.11. The van der Waals surface area contributed by atoms with E-state index in [1.54, 1.807) is 0 Å². The molecule has 38 heavy (non-hydrogen) atoms. The van der Waals surface area contributed by atoms with E-state index in [-0.39, 0.29) is 0 Å². The predicted molar refractivity (Wildman–Crippen MR) is 216 cm³/mol. The van der Waals surface area contributed by atoms with Crippen LogP contribution >= 0.6 is 190 Å². The van der Waals surface area contributed by atoms with Crippen LogP contribution in [0, 0.1) is 0 Å². The molecule has 5 heterocycles.